The van der Waals surface area contributed by atoms with Crippen molar-refractivity contribution in [1.29, 1.82) is 0 Å². The van der Waals surface area contributed by atoms with Crippen molar-refractivity contribution in [2.75, 3.05) is 6.61 Å². The highest BCUT2D eigenvalue weighted by Gasteiger charge is 2.26. The van der Waals surface area contributed by atoms with Crippen LogP contribution in [0.5, 0.6) is 0 Å². The zero-order chi connectivity index (χ0) is 19.9. The average Bonchev–Trinajstić information content (AvgIpc) is 2.71. The number of hydrogen-bond donors (Lipinski definition) is 1. The second kappa shape index (κ2) is 10.5. The van der Waals surface area contributed by atoms with Crippen molar-refractivity contribution in [3.63, 3.8) is 0 Å². The van der Waals surface area contributed by atoms with Crippen molar-refractivity contribution in [2.24, 2.45) is 17.8 Å². The molecule has 2 aliphatic rings. The summed E-state index contributed by atoms with van der Waals surface area (Å²) in [7, 11) is 0. The molecule has 0 aromatic heterocycles. The van der Waals surface area contributed by atoms with E-state index in [4.69, 9.17) is 5.11 Å². The van der Waals surface area contributed by atoms with Gasteiger partial charge in [0.1, 0.15) is 11.6 Å². The van der Waals surface area contributed by atoms with E-state index in [1.165, 1.54) is 63.5 Å². The summed E-state index contributed by atoms with van der Waals surface area (Å²) in [4.78, 5) is 0. The number of halogens is 2. The molecule has 1 N–H and O–H groups in total. The van der Waals surface area contributed by atoms with E-state index in [-0.39, 0.29) is 24.5 Å². The summed E-state index contributed by atoms with van der Waals surface area (Å²) < 4.78 is 28.4. The van der Waals surface area contributed by atoms with E-state index in [9.17, 15) is 8.78 Å². The first-order valence-electron chi connectivity index (χ1n) is 11.3. The van der Waals surface area contributed by atoms with E-state index in [1.54, 1.807) is 0 Å². The van der Waals surface area contributed by atoms with E-state index in [2.05, 4.69) is 19.1 Å². The van der Waals surface area contributed by atoms with Crippen LogP contribution in [0.3, 0.4) is 0 Å². The van der Waals surface area contributed by atoms with Gasteiger partial charge in [0.25, 0.3) is 0 Å². The van der Waals surface area contributed by atoms with Crippen LogP contribution in [0, 0.1) is 29.4 Å². The van der Waals surface area contributed by atoms with Crippen LogP contribution in [0.15, 0.2) is 24.3 Å². The molecule has 0 aliphatic heterocycles. The number of benzene rings is 1. The SMILES string of the molecule is C/C=C/C1CCC(CCC2CCC(c3cc(F)c(CCO)c(F)c3)CC2)CC1. The van der Waals surface area contributed by atoms with Gasteiger partial charge in [-0.2, -0.15) is 0 Å². The highest BCUT2D eigenvalue weighted by atomic mass is 19.1. The number of hydrogen-bond acceptors (Lipinski definition) is 1. The summed E-state index contributed by atoms with van der Waals surface area (Å²) in [6.45, 7) is 1.89. The Morgan fingerprint density at radius 2 is 1.43 bits per heavy atom. The molecule has 0 amide bonds. The Hall–Kier alpha value is -1.22. The Kier molecular flexibility index (Phi) is 8.08. The fourth-order valence-electron chi connectivity index (χ4n) is 5.41. The Labute approximate surface area is 169 Å². The molecule has 3 heteroatoms. The van der Waals surface area contributed by atoms with E-state index in [1.807, 2.05) is 0 Å². The van der Waals surface area contributed by atoms with Crippen molar-refractivity contribution in [1.82, 2.24) is 0 Å². The summed E-state index contributed by atoms with van der Waals surface area (Å²) in [5.41, 5.74) is 0.821. The molecule has 1 aromatic carbocycles. The number of aliphatic hydroxyl groups excluding tert-OH is 1. The third-order valence-electron chi connectivity index (χ3n) is 7.18. The molecule has 2 fully saturated rings. The fourth-order valence-corrected chi connectivity index (χ4v) is 5.41. The molecular weight excluding hydrogens is 354 g/mol. The molecule has 2 saturated carbocycles. The van der Waals surface area contributed by atoms with Crippen LogP contribution in [0.25, 0.3) is 0 Å². The molecule has 28 heavy (non-hydrogen) atoms. The lowest BCUT2D eigenvalue weighted by Gasteiger charge is -2.31. The molecule has 0 unspecified atom stereocenters. The highest BCUT2D eigenvalue weighted by Crippen LogP contribution is 2.40. The van der Waals surface area contributed by atoms with Crippen LogP contribution >= 0.6 is 0 Å². The summed E-state index contributed by atoms with van der Waals surface area (Å²) in [5.74, 6) is 1.77. The van der Waals surface area contributed by atoms with E-state index in [0.29, 0.717) is 0 Å². The quantitative estimate of drug-likeness (QED) is 0.500. The monoisotopic (exact) mass is 390 g/mol. The predicted molar refractivity (Wildman–Crippen MR) is 111 cm³/mol. The molecule has 2 aliphatic carbocycles. The standard InChI is InChI=1S/C25H36F2O/c1-2-3-18-4-6-19(7-5-18)8-9-20-10-12-21(13-11-20)22-16-24(26)23(14-15-28)25(27)17-22/h2-3,16-21,28H,4-15H2,1H3/b3-2+. The summed E-state index contributed by atoms with van der Waals surface area (Å²) in [5, 5.41) is 8.96. The molecule has 0 bridgehead atoms. The van der Waals surface area contributed by atoms with Gasteiger partial charge in [0.15, 0.2) is 0 Å². The molecule has 0 heterocycles. The molecule has 0 saturated heterocycles. The molecular formula is C25H36F2O. The summed E-state index contributed by atoms with van der Waals surface area (Å²) >= 11 is 0. The molecule has 0 atom stereocenters. The maximum atomic E-state index is 14.2. The lowest BCUT2D eigenvalue weighted by atomic mass is 9.74. The largest absolute Gasteiger partial charge is 0.396 e. The molecule has 156 valence electrons. The van der Waals surface area contributed by atoms with Gasteiger partial charge in [0, 0.05) is 18.6 Å². The average molecular weight is 391 g/mol. The van der Waals surface area contributed by atoms with Gasteiger partial charge in [-0.1, -0.05) is 25.0 Å². The van der Waals surface area contributed by atoms with Crippen molar-refractivity contribution >= 4 is 0 Å². The van der Waals surface area contributed by atoms with Crippen molar-refractivity contribution in [2.45, 2.75) is 83.5 Å². The van der Waals surface area contributed by atoms with Gasteiger partial charge >= 0.3 is 0 Å². The zero-order valence-corrected chi connectivity index (χ0v) is 17.3. The van der Waals surface area contributed by atoms with Crippen LogP contribution in [0.4, 0.5) is 8.78 Å². The zero-order valence-electron chi connectivity index (χ0n) is 17.3. The Morgan fingerprint density at radius 3 is 1.93 bits per heavy atom. The minimum atomic E-state index is -0.500. The van der Waals surface area contributed by atoms with Crippen molar-refractivity contribution in [3.8, 4) is 0 Å². The predicted octanol–water partition coefficient (Wildman–Crippen LogP) is 6.94. The molecule has 1 aromatic rings. The maximum Gasteiger partial charge on any atom is 0.129 e. The Bertz CT molecular complexity index is 615. The second-order valence-electron chi connectivity index (χ2n) is 9.04. The first-order chi connectivity index (χ1) is 13.6. The van der Waals surface area contributed by atoms with Gasteiger partial charge in [0.05, 0.1) is 0 Å². The van der Waals surface area contributed by atoms with E-state index in [0.717, 1.165) is 36.2 Å². The fraction of sp³-hybridized carbons (Fsp3) is 0.680. The smallest absolute Gasteiger partial charge is 0.129 e. The van der Waals surface area contributed by atoms with Crippen LogP contribution in [0.2, 0.25) is 0 Å². The highest BCUT2D eigenvalue weighted by molar-refractivity contribution is 5.29. The number of allylic oxidation sites excluding steroid dienone is 2. The number of rotatable bonds is 7. The third-order valence-corrected chi connectivity index (χ3v) is 7.18. The normalized spacial score (nSPS) is 28.7. The Balaban J connectivity index is 1.44. The van der Waals surface area contributed by atoms with Crippen LogP contribution in [-0.2, 0) is 6.42 Å². The molecule has 3 rings (SSSR count). The minimum Gasteiger partial charge on any atom is -0.396 e. The van der Waals surface area contributed by atoms with Gasteiger partial charge in [-0.3, -0.25) is 0 Å². The number of aliphatic hydroxyl groups is 1. The maximum absolute atomic E-state index is 14.2. The lowest BCUT2D eigenvalue weighted by molar-refractivity contribution is 0.246. The lowest BCUT2D eigenvalue weighted by Crippen LogP contribution is -2.17. The molecule has 1 nitrogen and oxygen atoms in total. The van der Waals surface area contributed by atoms with Gasteiger partial charge in [0.2, 0.25) is 0 Å². The van der Waals surface area contributed by atoms with Crippen molar-refractivity contribution in [3.05, 3.63) is 47.0 Å². The van der Waals surface area contributed by atoms with Gasteiger partial charge in [-0.05, 0) is 99.7 Å². The molecule has 0 radical (unpaired) electrons. The Morgan fingerprint density at radius 1 is 0.893 bits per heavy atom. The van der Waals surface area contributed by atoms with E-state index < -0.39 is 11.6 Å². The first kappa shape index (κ1) is 21.5. The van der Waals surface area contributed by atoms with Gasteiger partial charge < -0.3 is 5.11 Å². The summed E-state index contributed by atoms with van der Waals surface area (Å²) in [6, 6.07) is 3.00. The van der Waals surface area contributed by atoms with Crippen LogP contribution in [-0.4, -0.2) is 11.7 Å². The molecule has 0 spiro atoms. The van der Waals surface area contributed by atoms with E-state index >= 15 is 0 Å². The van der Waals surface area contributed by atoms with Gasteiger partial charge in [-0.15, -0.1) is 0 Å². The minimum absolute atomic E-state index is 0.0177. The van der Waals surface area contributed by atoms with Crippen LogP contribution in [0.1, 0.15) is 88.2 Å². The van der Waals surface area contributed by atoms with Crippen LogP contribution < -0.4 is 0 Å². The third kappa shape index (κ3) is 5.65. The van der Waals surface area contributed by atoms with Crippen molar-refractivity contribution < 1.29 is 13.9 Å². The first-order valence-corrected chi connectivity index (χ1v) is 11.3. The summed E-state index contributed by atoms with van der Waals surface area (Å²) in [6.07, 6.45) is 17.2. The second-order valence-corrected chi connectivity index (χ2v) is 9.04. The topological polar surface area (TPSA) is 20.2 Å². The van der Waals surface area contributed by atoms with Gasteiger partial charge in [-0.25, -0.2) is 8.78 Å².